The number of esters is 2. The highest BCUT2D eigenvalue weighted by Crippen LogP contribution is 2.30. The van der Waals surface area contributed by atoms with Crippen molar-refractivity contribution in [1.82, 2.24) is 0 Å². The summed E-state index contributed by atoms with van der Waals surface area (Å²) in [4.78, 5) is 44.4. The van der Waals surface area contributed by atoms with Crippen molar-refractivity contribution in [3.63, 3.8) is 0 Å². The van der Waals surface area contributed by atoms with Crippen molar-refractivity contribution in [2.75, 3.05) is 13.2 Å². The number of ether oxygens (including phenoxy) is 4. The van der Waals surface area contributed by atoms with Gasteiger partial charge in [-0.25, -0.2) is 4.79 Å². The second kappa shape index (κ2) is 8.02. The number of carbonyl (C=O) groups is 4. The number of carbonyl (C=O) groups excluding carboxylic acids is 3. The number of fused-ring (bicyclic) bond motifs is 1. The molecule has 2 heterocycles. The molecule has 2 aliphatic rings. The average Bonchev–Trinajstić information content (AvgIpc) is 3.07. The molecule has 0 bridgehead atoms. The van der Waals surface area contributed by atoms with Crippen LogP contribution >= 0.6 is 0 Å². The fourth-order valence-electron chi connectivity index (χ4n) is 2.44. The first-order chi connectivity index (χ1) is 11.4. The van der Waals surface area contributed by atoms with Crippen molar-refractivity contribution in [2.24, 2.45) is 0 Å². The van der Waals surface area contributed by atoms with Crippen LogP contribution in [0.1, 0.15) is 19.8 Å². The van der Waals surface area contributed by atoms with Gasteiger partial charge in [0.25, 0.3) is 0 Å². The zero-order valence-corrected chi connectivity index (χ0v) is 13.0. The van der Waals surface area contributed by atoms with Crippen LogP contribution in [0, 0.1) is 0 Å². The van der Waals surface area contributed by atoms with Crippen LogP contribution in [-0.2, 0) is 38.1 Å². The summed E-state index contributed by atoms with van der Waals surface area (Å²) in [5.74, 6) is -2.71. The number of allylic oxidation sites excluding steroid dienone is 1. The van der Waals surface area contributed by atoms with Gasteiger partial charge >= 0.3 is 17.9 Å². The number of ketones is 1. The minimum Gasteiger partial charge on any atom is -0.481 e. The Kier molecular flexibility index (Phi) is 6.04. The molecule has 2 saturated heterocycles. The molecule has 1 N–H and O–H groups in total. The zero-order chi connectivity index (χ0) is 17.7. The summed E-state index contributed by atoms with van der Waals surface area (Å²) < 4.78 is 21.3. The van der Waals surface area contributed by atoms with Crippen molar-refractivity contribution >= 4 is 23.7 Å². The fourth-order valence-corrected chi connectivity index (χ4v) is 2.44. The summed E-state index contributed by atoms with van der Waals surface area (Å²) in [6.45, 7) is 1.46. The molecule has 0 aromatic carbocycles. The van der Waals surface area contributed by atoms with E-state index >= 15 is 0 Å². The van der Waals surface area contributed by atoms with E-state index < -0.39 is 42.3 Å². The van der Waals surface area contributed by atoms with Gasteiger partial charge < -0.3 is 24.1 Å². The normalized spacial score (nSPS) is 28.5. The molecule has 2 aliphatic heterocycles. The summed E-state index contributed by atoms with van der Waals surface area (Å²) in [6, 6.07) is 0. The molecule has 0 saturated carbocycles. The van der Waals surface area contributed by atoms with Gasteiger partial charge in [0.15, 0.2) is 18.0 Å². The monoisotopic (exact) mass is 342 g/mol. The van der Waals surface area contributed by atoms with Gasteiger partial charge in [0.2, 0.25) is 0 Å². The smallest absolute Gasteiger partial charge is 0.331 e. The molecule has 0 aromatic heterocycles. The van der Waals surface area contributed by atoms with Crippen molar-refractivity contribution in [3.05, 3.63) is 12.2 Å². The van der Waals surface area contributed by atoms with Gasteiger partial charge in [0, 0.05) is 6.08 Å². The molecule has 0 spiro atoms. The average molecular weight is 342 g/mol. The Labute approximate surface area is 137 Å². The van der Waals surface area contributed by atoms with Crippen molar-refractivity contribution < 1.29 is 43.2 Å². The SMILES string of the molecule is CC(=O)/C=C/C(=O)O[C@H]1CO[C@H]2[C@@H]1OC[C@H]2OC(=O)CCC(=O)O. The predicted octanol–water partition coefficient (Wildman–Crippen LogP) is -0.382. The highest BCUT2D eigenvalue weighted by molar-refractivity contribution is 5.94. The van der Waals surface area contributed by atoms with Crippen LogP contribution in [0.2, 0.25) is 0 Å². The first-order valence-electron chi connectivity index (χ1n) is 7.40. The molecule has 0 aliphatic carbocycles. The summed E-state index contributed by atoms with van der Waals surface area (Å²) in [6.07, 6.45) is -0.923. The minimum atomic E-state index is -1.09. The largest absolute Gasteiger partial charge is 0.481 e. The Morgan fingerprint density at radius 3 is 2.12 bits per heavy atom. The molecule has 0 aromatic rings. The molecular weight excluding hydrogens is 324 g/mol. The van der Waals surface area contributed by atoms with E-state index in [9.17, 15) is 19.2 Å². The van der Waals surface area contributed by atoms with E-state index in [-0.39, 0.29) is 31.8 Å². The fraction of sp³-hybridized carbons (Fsp3) is 0.600. The molecule has 0 radical (unpaired) electrons. The van der Waals surface area contributed by atoms with Crippen molar-refractivity contribution in [3.8, 4) is 0 Å². The third-order valence-corrected chi connectivity index (χ3v) is 3.51. The number of hydrogen-bond donors (Lipinski definition) is 1. The standard InChI is InChI=1S/C15H18O9/c1-8(16)2-4-12(19)23-9-6-21-15-10(7-22-14(9)15)24-13(20)5-3-11(17)18/h2,4,9-10,14-15H,3,5-7H2,1H3,(H,17,18)/b4-2+/t9-,10+,14+,15+/m0/s1. The Morgan fingerprint density at radius 2 is 1.58 bits per heavy atom. The van der Waals surface area contributed by atoms with Crippen LogP contribution < -0.4 is 0 Å². The Bertz CT molecular complexity index is 553. The first kappa shape index (κ1) is 18.1. The van der Waals surface area contributed by atoms with E-state index in [0.717, 1.165) is 12.2 Å². The zero-order valence-electron chi connectivity index (χ0n) is 13.0. The van der Waals surface area contributed by atoms with Crippen LogP contribution in [0.5, 0.6) is 0 Å². The maximum absolute atomic E-state index is 11.6. The molecule has 9 heteroatoms. The number of carboxylic acids is 1. The highest BCUT2D eigenvalue weighted by Gasteiger charge is 2.51. The van der Waals surface area contributed by atoms with E-state index in [1.807, 2.05) is 0 Å². The lowest BCUT2D eigenvalue weighted by Crippen LogP contribution is -2.35. The maximum atomic E-state index is 11.6. The Morgan fingerprint density at radius 1 is 1.00 bits per heavy atom. The second-order valence-corrected chi connectivity index (χ2v) is 5.44. The molecular formula is C15H18O9. The van der Waals surface area contributed by atoms with Crippen molar-refractivity contribution in [2.45, 2.75) is 44.2 Å². The van der Waals surface area contributed by atoms with Crippen LogP contribution in [-0.4, -0.2) is 66.4 Å². The van der Waals surface area contributed by atoms with E-state index in [0.29, 0.717) is 0 Å². The van der Waals surface area contributed by atoms with Crippen molar-refractivity contribution in [1.29, 1.82) is 0 Å². The number of hydrogen-bond acceptors (Lipinski definition) is 8. The van der Waals surface area contributed by atoms with E-state index in [4.69, 9.17) is 24.1 Å². The lowest BCUT2D eigenvalue weighted by Gasteiger charge is -2.16. The second-order valence-electron chi connectivity index (χ2n) is 5.44. The van der Waals surface area contributed by atoms with Crippen LogP contribution in [0.15, 0.2) is 12.2 Å². The van der Waals surface area contributed by atoms with E-state index in [2.05, 4.69) is 0 Å². The molecule has 4 atom stereocenters. The van der Waals surface area contributed by atoms with Crippen LogP contribution in [0.25, 0.3) is 0 Å². The highest BCUT2D eigenvalue weighted by atomic mass is 16.7. The lowest BCUT2D eigenvalue weighted by molar-refractivity contribution is -0.156. The third kappa shape index (κ3) is 4.87. The Hall–Kier alpha value is -2.26. The topological polar surface area (TPSA) is 125 Å². The summed E-state index contributed by atoms with van der Waals surface area (Å²) >= 11 is 0. The molecule has 9 nitrogen and oxygen atoms in total. The quantitative estimate of drug-likeness (QED) is 0.486. The molecule has 0 unspecified atom stereocenters. The summed E-state index contributed by atoms with van der Waals surface area (Å²) in [7, 11) is 0. The number of carboxylic acid groups (broad SMARTS) is 1. The van der Waals surface area contributed by atoms with Gasteiger partial charge in [-0.05, 0) is 13.0 Å². The lowest BCUT2D eigenvalue weighted by atomic mass is 10.1. The van der Waals surface area contributed by atoms with Gasteiger partial charge in [0.05, 0.1) is 26.1 Å². The molecule has 0 amide bonds. The number of rotatable bonds is 7. The Balaban J connectivity index is 1.83. The van der Waals surface area contributed by atoms with Gasteiger partial charge in [-0.1, -0.05) is 0 Å². The molecule has 132 valence electrons. The minimum absolute atomic E-state index is 0.0749. The molecule has 24 heavy (non-hydrogen) atoms. The van der Waals surface area contributed by atoms with Gasteiger partial charge in [0.1, 0.15) is 12.2 Å². The van der Waals surface area contributed by atoms with Gasteiger partial charge in [-0.3, -0.25) is 14.4 Å². The van der Waals surface area contributed by atoms with E-state index in [1.54, 1.807) is 0 Å². The van der Waals surface area contributed by atoms with Crippen LogP contribution in [0.4, 0.5) is 0 Å². The maximum Gasteiger partial charge on any atom is 0.331 e. The number of aliphatic carboxylic acids is 1. The first-order valence-corrected chi connectivity index (χ1v) is 7.40. The molecule has 2 fully saturated rings. The molecule has 2 rings (SSSR count). The van der Waals surface area contributed by atoms with E-state index in [1.165, 1.54) is 6.92 Å². The van der Waals surface area contributed by atoms with Gasteiger partial charge in [-0.15, -0.1) is 0 Å². The van der Waals surface area contributed by atoms with Crippen LogP contribution in [0.3, 0.4) is 0 Å². The van der Waals surface area contributed by atoms with Gasteiger partial charge in [-0.2, -0.15) is 0 Å². The third-order valence-electron chi connectivity index (χ3n) is 3.51. The summed E-state index contributed by atoms with van der Waals surface area (Å²) in [5, 5.41) is 8.54. The summed E-state index contributed by atoms with van der Waals surface area (Å²) in [5.41, 5.74) is 0. The predicted molar refractivity (Wildman–Crippen MR) is 75.9 cm³/mol.